The van der Waals surface area contributed by atoms with E-state index in [4.69, 9.17) is 21.4 Å². The largest absolute Gasteiger partial charge is 0.496 e. The Kier molecular flexibility index (Phi) is 3.28. The fourth-order valence-electron chi connectivity index (χ4n) is 2.71. The van der Waals surface area contributed by atoms with Crippen LogP contribution in [-0.2, 0) is 10.2 Å². The second-order valence-corrected chi connectivity index (χ2v) is 5.47. The Bertz CT molecular complexity index is 504. The number of halogens is 1. The summed E-state index contributed by atoms with van der Waals surface area (Å²) < 4.78 is 5.47. The number of rotatable bonds is 4. The molecular weight excluding hydrogens is 252 g/mol. The first-order chi connectivity index (χ1) is 8.41. The minimum atomic E-state index is -0.772. The lowest BCUT2D eigenvalue weighted by Crippen LogP contribution is -2.16. The van der Waals surface area contributed by atoms with E-state index in [0.717, 1.165) is 35.3 Å². The summed E-state index contributed by atoms with van der Waals surface area (Å²) in [5.41, 5.74) is 2.60. The number of carboxylic acids is 1. The number of methoxy groups -OCH3 is 1. The van der Waals surface area contributed by atoms with Crippen LogP contribution in [-0.4, -0.2) is 18.2 Å². The molecule has 0 spiro atoms. The highest BCUT2D eigenvalue weighted by atomic mass is 35.5. The van der Waals surface area contributed by atoms with Gasteiger partial charge in [0.2, 0.25) is 0 Å². The van der Waals surface area contributed by atoms with E-state index in [1.54, 1.807) is 7.11 Å². The number of carboxylic acid groups (broad SMARTS) is 1. The minimum Gasteiger partial charge on any atom is -0.496 e. The predicted molar refractivity (Wildman–Crippen MR) is 70.6 cm³/mol. The van der Waals surface area contributed by atoms with Gasteiger partial charge in [-0.25, -0.2) is 0 Å². The quantitative estimate of drug-likeness (QED) is 0.909. The van der Waals surface area contributed by atoms with Gasteiger partial charge in [0.15, 0.2) is 0 Å². The Morgan fingerprint density at radius 1 is 1.50 bits per heavy atom. The van der Waals surface area contributed by atoms with Gasteiger partial charge in [0.1, 0.15) is 5.75 Å². The van der Waals surface area contributed by atoms with Crippen molar-refractivity contribution in [2.24, 2.45) is 0 Å². The number of ether oxygens (including phenoxy) is 1. The van der Waals surface area contributed by atoms with Crippen LogP contribution >= 0.6 is 11.6 Å². The average molecular weight is 269 g/mol. The Morgan fingerprint density at radius 2 is 2.11 bits per heavy atom. The van der Waals surface area contributed by atoms with E-state index >= 15 is 0 Å². The van der Waals surface area contributed by atoms with Crippen LogP contribution in [0.1, 0.15) is 36.0 Å². The molecule has 0 aromatic heterocycles. The molecule has 4 heteroatoms. The van der Waals surface area contributed by atoms with Crippen LogP contribution in [0.2, 0.25) is 5.02 Å². The van der Waals surface area contributed by atoms with Gasteiger partial charge < -0.3 is 9.84 Å². The van der Waals surface area contributed by atoms with Gasteiger partial charge in [-0.2, -0.15) is 0 Å². The van der Waals surface area contributed by atoms with E-state index in [1.165, 1.54) is 0 Å². The molecular formula is C14H17ClO3. The minimum absolute atomic E-state index is 0.143. The molecule has 1 aliphatic carbocycles. The van der Waals surface area contributed by atoms with E-state index < -0.39 is 5.97 Å². The zero-order valence-corrected chi connectivity index (χ0v) is 11.6. The molecule has 98 valence electrons. The molecule has 1 N–H and O–H groups in total. The van der Waals surface area contributed by atoms with Crippen molar-refractivity contribution >= 4 is 17.6 Å². The smallest absolute Gasteiger partial charge is 0.304 e. The number of carbonyl (C=O) groups is 1. The first-order valence-electron chi connectivity index (χ1n) is 5.97. The van der Waals surface area contributed by atoms with Gasteiger partial charge in [-0.3, -0.25) is 4.79 Å². The van der Waals surface area contributed by atoms with Crippen molar-refractivity contribution in [1.29, 1.82) is 0 Å². The van der Waals surface area contributed by atoms with Crippen molar-refractivity contribution in [3.05, 3.63) is 27.8 Å². The summed E-state index contributed by atoms with van der Waals surface area (Å²) in [6.45, 7) is 3.87. The van der Waals surface area contributed by atoms with Gasteiger partial charge in [-0.05, 0) is 43.9 Å². The predicted octanol–water partition coefficient (Wildman–Crippen LogP) is 3.47. The molecule has 0 radical (unpaired) electrons. The van der Waals surface area contributed by atoms with E-state index in [0.29, 0.717) is 5.02 Å². The summed E-state index contributed by atoms with van der Waals surface area (Å²) in [5.74, 6) is 0.0160. The molecule has 0 saturated heterocycles. The molecule has 1 aromatic carbocycles. The average Bonchev–Trinajstić information content (AvgIpc) is 3.02. The molecule has 1 saturated carbocycles. The summed E-state index contributed by atoms with van der Waals surface area (Å²) >= 11 is 6.22. The van der Waals surface area contributed by atoms with E-state index in [9.17, 15) is 4.79 Å². The van der Waals surface area contributed by atoms with Gasteiger partial charge in [-0.15, -0.1) is 0 Å². The van der Waals surface area contributed by atoms with Gasteiger partial charge in [0.05, 0.1) is 13.5 Å². The lowest BCUT2D eigenvalue weighted by molar-refractivity contribution is -0.137. The zero-order valence-electron chi connectivity index (χ0n) is 10.8. The van der Waals surface area contributed by atoms with Gasteiger partial charge in [0, 0.05) is 16.0 Å². The van der Waals surface area contributed by atoms with Crippen LogP contribution in [0.25, 0.3) is 0 Å². The number of benzene rings is 1. The fourth-order valence-corrected chi connectivity index (χ4v) is 2.97. The molecule has 18 heavy (non-hydrogen) atoms. The Hall–Kier alpha value is -1.22. The van der Waals surface area contributed by atoms with E-state index in [2.05, 4.69) is 0 Å². The molecule has 3 nitrogen and oxygen atoms in total. The molecule has 1 aromatic rings. The number of aryl methyl sites for hydroxylation is 1. The van der Waals surface area contributed by atoms with Crippen molar-refractivity contribution in [1.82, 2.24) is 0 Å². The number of hydrogen-bond donors (Lipinski definition) is 1. The molecule has 2 rings (SSSR count). The molecule has 1 fully saturated rings. The molecule has 0 bridgehead atoms. The third-order valence-electron chi connectivity index (χ3n) is 3.74. The third-order valence-corrected chi connectivity index (χ3v) is 4.13. The molecule has 1 aliphatic rings. The number of hydrogen-bond acceptors (Lipinski definition) is 2. The molecule has 0 heterocycles. The SMILES string of the molecule is COc1c(C)cc(Cl)c(C)c1C1(CC(=O)O)CC1. The summed E-state index contributed by atoms with van der Waals surface area (Å²) in [6, 6.07) is 1.87. The Morgan fingerprint density at radius 3 is 2.56 bits per heavy atom. The van der Waals surface area contributed by atoms with Crippen molar-refractivity contribution in [2.75, 3.05) is 7.11 Å². The van der Waals surface area contributed by atoms with Gasteiger partial charge in [-0.1, -0.05) is 11.6 Å². The van der Waals surface area contributed by atoms with Crippen LogP contribution in [0.15, 0.2) is 6.07 Å². The molecule has 0 unspecified atom stereocenters. The Balaban J connectivity index is 2.59. The maximum Gasteiger partial charge on any atom is 0.304 e. The highest BCUT2D eigenvalue weighted by molar-refractivity contribution is 6.31. The van der Waals surface area contributed by atoms with Gasteiger partial charge in [0.25, 0.3) is 0 Å². The zero-order chi connectivity index (χ0) is 13.5. The van der Waals surface area contributed by atoms with Crippen molar-refractivity contribution < 1.29 is 14.6 Å². The second kappa shape index (κ2) is 4.47. The molecule has 0 aliphatic heterocycles. The Labute approximate surface area is 112 Å². The lowest BCUT2D eigenvalue weighted by Gasteiger charge is -2.22. The fraction of sp³-hybridized carbons (Fsp3) is 0.500. The van der Waals surface area contributed by atoms with E-state index in [-0.39, 0.29) is 11.8 Å². The van der Waals surface area contributed by atoms with Crippen LogP contribution in [0.5, 0.6) is 5.75 Å². The highest BCUT2D eigenvalue weighted by Gasteiger charge is 2.49. The summed E-state index contributed by atoms with van der Waals surface area (Å²) in [6.07, 6.45) is 1.91. The maximum absolute atomic E-state index is 11.0. The first kappa shape index (κ1) is 13.2. The summed E-state index contributed by atoms with van der Waals surface area (Å²) in [7, 11) is 1.62. The molecule has 0 amide bonds. The van der Waals surface area contributed by atoms with E-state index in [1.807, 2.05) is 19.9 Å². The topological polar surface area (TPSA) is 46.5 Å². The second-order valence-electron chi connectivity index (χ2n) is 5.06. The van der Waals surface area contributed by atoms with Crippen molar-refractivity contribution in [2.45, 2.75) is 38.5 Å². The van der Waals surface area contributed by atoms with Crippen molar-refractivity contribution in [3.8, 4) is 5.75 Å². The molecule has 0 atom stereocenters. The monoisotopic (exact) mass is 268 g/mol. The van der Waals surface area contributed by atoms with Crippen LogP contribution in [0.4, 0.5) is 0 Å². The van der Waals surface area contributed by atoms with Crippen LogP contribution < -0.4 is 4.74 Å². The standard InChI is InChI=1S/C14H17ClO3/c1-8-6-10(15)9(2)12(13(8)18-3)14(4-5-14)7-11(16)17/h6H,4-5,7H2,1-3H3,(H,16,17). The van der Waals surface area contributed by atoms with Crippen LogP contribution in [0, 0.1) is 13.8 Å². The first-order valence-corrected chi connectivity index (χ1v) is 6.35. The number of aliphatic carboxylic acids is 1. The van der Waals surface area contributed by atoms with Crippen LogP contribution in [0.3, 0.4) is 0 Å². The van der Waals surface area contributed by atoms with Gasteiger partial charge >= 0.3 is 5.97 Å². The highest BCUT2D eigenvalue weighted by Crippen LogP contribution is 2.56. The maximum atomic E-state index is 11.0. The summed E-state index contributed by atoms with van der Waals surface area (Å²) in [5, 5.41) is 9.75. The summed E-state index contributed by atoms with van der Waals surface area (Å²) in [4.78, 5) is 11.0. The van der Waals surface area contributed by atoms with Crippen molar-refractivity contribution in [3.63, 3.8) is 0 Å². The normalized spacial score (nSPS) is 16.4. The lowest BCUT2D eigenvalue weighted by atomic mass is 9.86. The third kappa shape index (κ3) is 2.07.